The zero-order valence-electron chi connectivity index (χ0n) is 14.4. The topological polar surface area (TPSA) is 38.3 Å². The highest BCUT2D eigenvalue weighted by molar-refractivity contribution is 6.30. The lowest BCUT2D eigenvalue weighted by Gasteiger charge is -2.30. The van der Waals surface area contributed by atoms with Crippen LogP contribution in [0.2, 0.25) is 5.02 Å². The predicted molar refractivity (Wildman–Crippen MR) is 92.7 cm³/mol. The molecular weight excluding hydrogens is 336 g/mol. The van der Waals surface area contributed by atoms with Crippen LogP contribution in [0.4, 0.5) is 8.78 Å². The highest BCUT2D eigenvalue weighted by Crippen LogP contribution is 2.36. The van der Waals surface area contributed by atoms with Crippen molar-refractivity contribution in [1.82, 2.24) is 5.32 Å². The molecular formula is C18H26ClF2NO2. The number of benzene rings is 1. The van der Waals surface area contributed by atoms with Gasteiger partial charge in [-0.3, -0.25) is 4.79 Å². The lowest BCUT2D eigenvalue weighted by Crippen LogP contribution is -2.33. The third-order valence-electron chi connectivity index (χ3n) is 3.82. The summed E-state index contributed by atoms with van der Waals surface area (Å²) in [5.74, 6) is -0.591. The van der Waals surface area contributed by atoms with Crippen LogP contribution in [-0.4, -0.2) is 31.6 Å². The first-order chi connectivity index (χ1) is 11.2. The van der Waals surface area contributed by atoms with Crippen LogP contribution in [0.3, 0.4) is 0 Å². The van der Waals surface area contributed by atoms with E-state index in [0.29, 0.717) is 17.1 Å². The number of hydrogen-bond donors (Lipinski definition) is 1. The molecule has 1 fully saturated rings. The van der Waals surface area contributed by atoms with Crippen molar-refractivity contribution in [3.05, 3.63) is 34.9 Å². The van der Waals surface area contributed by atoms with Gasteiger partial charge < -0.3 is 10.1 Å². The largest absolute Gasteiger partial charge is 0.462 e. The Morgan fingerprint density at radius 1 is 1.21 bits per heavy atom. The molecule has 1 aromatic carbocycles. The number of carbonyl (C=O) groups is 1. The third-order valence-corrected chi connectivity index (χ3v) is 4.07. The van der Waals surface area contributed by atoms with Crippen molar-refractivity contribution in [1.29, 1.82) is 0 Å². The Hall–Kier alpha value is -1.20. The van der Waals surface area contributed by atoms with Crippen molar-refractivity contribution in [2.24, 2.45) is 5.92 Å². The molecule has 1 aliphatic rings. The molecule has 2 rings (SSSR count). The fourth-order valence-electron chi connectivity index (χ4n) is 2.66. The molecule has 0 spiro atoms. The molecule has 0 radical (unpaired) electrons. The number of alkyl halides is 2. The van der Waals surface area contributed by atoms with E-state index >= 15 is 0 Å². The van der Waals surface area contributed by atoms with Crippen LogP contribution in [0.15, 0.2) is 24.3 Å². The molecule has 0 aliphatic carbocycles. The smallest absolute Gasteiger partial charge is 0.293 e. The number of rotatable bonds is 4. The summed E-state index contributed by atoms with van der Waals surface area (Å²) >= 11 is 5.78. The number of ether oxygens (including phenoxy) is 1. The highest BCUT2D eigenvalue weighted by atomic mass is 35.5. The fraction of sp³-hybridized carbons (Fsp3) is 0.611. The van der Waals surface area contributed by atoms with Crippen molar-refractivity contribution in [2.45, 2.75) is 51.6 Å². The van der Waals surface area contributed by atoms with E-state index < -0.39 is 12.3 Å². The zero-order chi connectivity index (χ0) is 18.2. The number of piperidine rings is 1. The minimum Gasteiger partial charge on any atom is -0.462 e. The Bertz CT molecular complexity index is 483. The average molecular weight is 362 g/mol. The summed E-state index contributed by atoms with van der Waals surface area (Å²) in [5.41, 5.74) is 0.387. The molecule has 0 bridgehead atoms. The molecule has 0 amide bonds. The molecule has 1 saturated heterocycles. The SMILES string of the molecule is CC(C)(C)OC=O.FC(F)C(c1ccc(Cl)cc1)C1CCNCC1. The van der Waals surface area contributed by atoms with Crippen molar-refractivity contribution in [3.8, 4) is 0 Å². The number of carbonyl (C=O) groups excluding carboxylic acids is 1. The minimum atomic E-state index is -2.31. The maximum Gasteiger partial charge on any atom is 0.293 e. The molecule has 1 aromatic rings. The van der Waals surface area contributed by atoms with Gasteiger partial charge >= 0.3 is 0 Å². The van der Waals surface area contributed by atoms with E-state index in [1.165, 1.54) is 0 Å². The summed E-state index contributed by atoms with van der Waals surface area (Å²) in [6, 6.07) is 6.82. The Morgan fingerprint density at radius 3 is 2.12 bits per heavy atom. The van der Waals surface area contributed by atoms with E-state index in [4.69, 9.17) is 11.6 Å². The summed E-state index contributed by atoms with van der Waals surface area (Å²) in [5, 5.41) is 3.79. The predicted octanol–water partition coefficient (Wildman–Crippen LogP) is 4.65. The van der Waals surface area contributed by atoms with Gasteiger partial charge in [-0.05, 0) is 70.3 Å². The first-order valence-electron chi connectivity index (χ1n) is 8.10. The Labute approximate surface area is 147 Å². The molecule has 0 aromatic heterocycles. The first-order valence-corrected chi connectivity index (χ1v) is 8.48. The van der Waals surface area contributed by atoms with Gasteiger partial charge in [-0.15, -0.1) is 0 Å². The maximum absolute atomic E-state index is 13.2. The number of halogens is 3. The maximum atomic E-state index is 13.2. The van der Waals surface area contributed by atoms with Gasteiger partial charge in [0.1, 0.15) is 5.60 Å². The van der Waals surface area contributed by atoms with E-state index in [1.807, 2.05) is 20.8 Å². The molecule has 1 unspecified atom stereocenters. The van der Waals surface area contributed by atoms with Crippen LogP contribution < -0.4 is 5.32 Å². The van der Waals surface area contributed by atoms with Crippen LogP contribution >= 0.6 is 11.6 Å². The molecule has 6 heteroatoms. The molecule has 1 atom stereocenters. The summed E-state index contributed by atoms with van der Waals surface area (Å²) in [4.78, 5) is 9.60. The molecule has 3 nitrogen and oxygen atoms in total. The Balaban J connectivity index is 0.000000351. The van der Waals surface area contributed by atoms with Crippen molar-refractivity contribution in [3.63, 3.8) is 0 Å². The van der Waals surface area contributed by atoms with Crippen molar-refractivity contribution >= 4 is 18.1 Å². The standard InChI is InChI=1S/C13H16ClF2N.C5H10O2/c14-11-3-1-9(2-4-11)12(13(15)16)10-5-7-17-8-6-10;1-5(2,3)7-4-6/h1-4,10,12-13,17H,5-8H2;4H,1-3H3. The normalized spacial score (nSPS) is 17.0. The fourth-order valence-corrected chi connectivity index (χ4v) is 2.78. The molecule has 1 aliphatic heterocycles. The molecule has 24 heavy (non-hydrogen) atoms. The second-order valence-corrected chi connectivity index (χ2v) is 7.26. The van der Waals surface area contributed by atoms with E-state index in [-0.39, 0.29) is 11.5 Å². The van der Waals surface area contributed by atoms with Gasteiger partial charge in [0.2, 0.25) is 6.43 Å². The van der Waals surface area contributed by atoms with Gasteiger partial charge in [0.15, 0.2) is 0 Å². The van der Waals surface area contributed by atoms with Gasteiger partial charge in [0, 0.05) is 10.9 Å². The van der Waals surface area contributed by atoms with E-state index in [9.17, 15) is 13.6 Å². The first kappa shape index (κ1) is 20.8. The second-order valence-electron chi connectivity index (χ2n) is 6.83. The lowest BCUT2D eigenvalue weighted by atomic mass is 9.81. The lowest BCUT2D eigenvalue weighted by molar-refractivity contribution is -0.138. The average Bonchev–Trinajstić information content (AvgIpc) is 2.50. The Kier molecular flexibility index (Phi) is 8.63. The highest BCUT2D eigenvalue weighted by Gasteiger charge is 2.31. The van der Waals surface area contributed by atoms with Crippen LogP contribution in [0, 0.1) is 5.92 Å². The van der Waals surface area contributed by atoms with Crippen LogP contribution in [0.1, 0.15) is 45.1 Å². The van der Waals surface area contributed by atoms with Gasteiger partial charge in [-0.2, -0.15) is 0 Å². The summed E-state index contributed by atoms with van der Waals surface area (Å²) < 4.78 is 31.0. The summed E-state index contributed by atoms with van der Waals surface area (Å²) in [7, 11) is 0. The van der Waals surface area contributed by atoms with Crippen LogP contribution in [0.5, 0.6) is 0 Å². The molecule has 1 N–H and O–H groups in total. The van der Waals surface area contributed by atoms with Crippen molar-refractivity contribution in [2.75, 3.05) is 13.1 Å². The van der Waals surface area contributed by atoms with Crippen LogP contribution in [0.25, 0.3) is 0 Å². The van der Waals surface area contributed by atoms with E-state index in [1.54, 1.807) is 24.3 Å². The zero-order valence-corrected chi connectivity index (χ0v) is 15.2. The second kappa shape index (κ2) is 9.94. The van der Waals surface area contributed by atoms with Gasteiger partial charge in [0.25, 0.3) is 6.47 Å². The number of nitrogens with one attached hydrogen (secondary N) is 1. The molecule has 136 valence electrons. The van der Waals surface area contributed by atoms with Gasteiger partial charge in [-0.1, -0.05) is 23.7 Å². The molecule has 0 saturated carbocycles. The summed E-state index contributed by atoms with van der Waals surface area (Å²) in [6.07, 6.45) is -0.672. The third kappa shape index (κ3) is 7.58. The summed E-state index contributed by atoms with van der Waals surface area (Å²) in [6.45, 7) is 7.59. The van der Waals surface area contributed by atoms with E-state index in [0.717, 1.165) is 25.9 Å². The van der Waals surface area contributed by atoms with Crippen LogP contribution in [-0.2, 0) is 9.53 Å². The molecule has 1 heterocycles. The monoisotopic (exact) mass is 361 g/mol. The van der Waals surface area contributed by atoms with Crippen molar-refractivity contribution < 1.29 is 18.3 Å². The van der Waals surface area contributed by atoms with Gasteiger partial charge in [0.05, 0.1) is 0 Å². The minimum absolute atomic E-state index is 0.0671. The Morgan fingerprint density at radius 2 is 1.75 bits per heavy atom. The van der Waals surface area contributed by atoms with E-state index in [2.05, 4.69) is 10.1 Å². The quantitative estimate of drug-likeness (QED) is 0.793. The van der Waals surface area contributed by atoms with Gasteiger partial charge in [-0.25, -0.2) is 8.78 Å². The number of hydrogen-bond acceptors (Lipinski definition) is 3.